The van der Waals surface area contributed by atoms with Crippen LogP contribution in [0.15, 0.2) is 17.1 Å². The number of guanidine groups is 1. The van der Waals surface area contributed by atoms with Gasteiger partial charge in [-0.3, -0.25) is 0 Å². The lowest BCUT2D eigenvalue weighted by atomic mass is 10.1. The molecule has 134 valence electrons. The van der Waals surface area contributed by atoms with E-state index in [0.29, 0.717) is 13.2 Å². The van der Waals surface area contributed by atoms with Crippen LogP contribution in [0, 0.1) is 0 Å². The molecule has 0 aromatic heterocycles. The van der Waals surface area contributed by atoms with E-state index in [9.17, 15) is 0 Å². The Hall–Kier alpha value is -1.56. The molecule has 1 atom stereocenters. The van der Waals surface area contributed by atoms with Crippen LogP contribution in [0.3, 0.4) is 0 Å². The zero-order valence-electron chi connectivity index (χ0n) is 15.1. The first-order valence-electron chi connectivity index (χ1n) is 8.64. The summed E-state index contributed by atoms with van der Waals surface area (Å²) in [6.45, 7) is 9.13. The van der Waals surface area contributed by atoms with E-state index >= 15 is 0 Å². The van der Waals surface area contributed by atoms with E-state index in [4.69, 9.17) is 14.5 Å². The minimum atomic E-state index is 0.235. The van der Waals surface area contributed by atoms with Gasteiger partial charge in [-0.15, -0.1) is 0 Å². The van der Waals surface area contributed by atoms with Crippen LogP contribution in [-0.4, -0.2) is 43.8 Å². The molecular weight excluding hydrogens is 322 g/mol. The molecule has 1 aliphatic rings. The van der Waals surface area contributed by atoms with Crippen molar-refractivity contribution < 1.29 is 9.47 Å². The Balaban J connectivity index is 2.14. The fraction of sp³-hybridized carbons (Fsp3) is 0.611. The lowest BCUT2D eigenvalue weighted by Crippen LogP contribution is -2.38. The van der Waals surface area contributed by atoms with E-state index < -0.39 is 0 Å². The quantitative estimate of drug-likeness (QED) is 0.428. The van der Waals surface area contributed by atoms with Crippen molar-refractivity contribution in [1.29, 1.82) is 0 Å². The van der Waals surface area contributed by atoms with Gasteiger partial charge in [-0.25, -0.2) is 4.99 Å². The minimum Gasteiger partial charge on any atom is -0.494 e. The summed E-state index contributed by atoms with van der Waals surface area (Å²) >= 11 is 1.82. The molecule has 0 saturated heterocycles. The van der Waals surface area contributed by atoms with Crippen LogP contribution in [0.1, 0.15) is 31.9 Å². The molecule has 0 saturated carbocycles. The number of thioether (sulfide) groups is 1. The third-order valence-electron chi connectivity index (χ3n) is 3.73. The molecule has 1 aromatic carbocycles. The summed E-state index contributed by atoms with van der Waals surface area (Å²) in [5.74, 6) is 3.78. The highest BCUT2D eigenvalue weighted by Crippen LogP contribution is 2.35. The number of nitrogens with one attached hydrogen (secondary N) is 2. The summed E-state index contributed by atoms with van der Waals surface area (Å²) in [4.78, 5) is 4.69. The molecule has 24 heavy (non-hydrogen) atoms. The van der Waals surface area contributed by atoms with Gasteiger partial charge >= 0.3 is 0 Å². The Labute approximate surface area is 149 Å². The van der Waals surface area contributed by atoms with E-state index in [1.54, 1.807) is 0 Å². The summed E-state index contributed by atoms with van der Waals surface area (Å²) in [6.07, 6.45) is 3.28. The lowest BCUT2D eigenvalue weighted by molar-refractivity contribution is 0.254. The molecule has 6 heteroatoms. The van der Waals surface area contributed by atoms with Gasteiger partial charge in [-0.2, -0.15) is 11.8 Å². The number of ether oxygens (including phenoxy) is 2. The van der Waals surface area contributed by atoms with Crippen LogP contribution in [0.5, 0.6) is 11.5 Å². The summed E-state index contributed by atoms with van der Waals surface area (Å²) < 4.78 is 11.7. The molecule has 2 rings (SSSR count). The molecule has 0 spiro atoms. The van der Waals surface area contributed by atoms with Crippen molar-refractivity contribution in [2.75, 3.05) is 31.7 Å². The highest BCUT2D eigenvalue weighted by molar-refractivity contribution is 7.98. The van der Waals surface area contributed by atoms with Gasteiger partial charge in [0.2, 0.25) is 0 Å². The maximum absolute atomic E-state index is 5.88. The number of nitrogens with zero attached hydrogens (tertiary/aromatic N) is 1. The average Bonchev–Trinajstić information content (AvgIpc) is 2.92. The van der Waals surface area contributed by atoms with Gasteiger partial charge in [0.25, 0.3) is 0 Å². The fourth-order valence-corrected chi connectivity index (χ4v) is 2.98. The molecule has 5 nitrogen and oxygen atoms in total. The van der Waals surface area contributed by atoms with Gasteiger partial charge in [0.1, 0.15) is 17.6 Å². The van der Waals surface area contributed by atoms with Crippen molar-refractivity contribution in [3.05, 3.63) is 23.3 Å². The van der Waals surface area contributed by atoms with Gasteiger partial charge < -0.3 is 20.1 Å². The van der Waals surface area contributed by atoms with E-state index in [2.05, 4.69) is 42.9 Å². The standard InChI is InChI=1S/C18H29N3O2S/c1-5-19-18(20-7-8-24-4)21-12-15-11-17-14(9-13(3)23-17)10-16(15)22-6-2/h10-11,13H,5-9,12H2,1-4H3,(H2,19,20,21). The van der Waals surface area contributed by atoms with E-state index in [1.165, 1.54) is 5.56 Å². The number of hydrogen-bond acceptors (Lipinski definition) is 4. The van der Waals surface area contributed by atoms with Gasteiger partial charge in [0.15, 0.2) is 5.96 Å². The number of rotatable bonds is 8. The second-order valence-electron chi connectivity index (χ2n) is 5.75. The SMILES string of the molecule is CCNC(=NCc1cc2c(cc1OCC)CC(C)O2)NCCSC. The third kappa shape index (κ3) is 5.23. The smallest absolute Gasteiger partial charge is 0.191 e. The van der Waals surface area contributed by atoms with Crippen molar-refractivity contribution in [3.63, 3.8) is 0 Å². The van der Waals surface area contributed by atoms with Crippen LogP contribution < -0.4 is 20.1 Å². The molecule has 0 amide bonds. The number of fused-ring (bicyclic) bond motifs is 1. The Kier molecular flexibility index (Phi) is 7.56. The predicted octanol–water partition coefficient (Wildman–Crippen LogP) is 2.83. The average molecular weight is 352 g/mol. The van der Waals surface area contributed by atoms with Gasteiger partial charge in [0.05, 0.1) is 13.2 Å². The molecule has 1 unspecified atom stereocenters. The highest BCUT2D eigenvalue weighted by Gasteiger charge is 2.21. The van der Waals surface area contributed by atoms with Crippen molar-refractivity contribution in [3.8, 4) is 11.5 Å². The molecular formula is C18H29N3O2S. The topological polar surface area (TPSA) is 54.9 Å². The van der Waals surface area contributed by atoms with E-state index in [1.807, 2.05) is 18.7 Å². The molecule has 1 aliphatic heterocycles. The van der Waals surface area contributed by atoms with E-state index in [0.717, 1.165) is 48.3 Å². The summed E-state index contributed by atoms with van der Waals surface area (Å²) in [7, 11) is 0. The Morgan fingerprint density at radius 1 is 1.38 bits per heavy atom. The van der Waals surface area contributed by atoms with Crippen LogP contribution in [-0.2, 0) is 13.0 Å². The number of aliphatic imine (C=N–C) groups is 1. The summed E-state index contributed by atoms with van der Waals surface area (Å²) in [5.41, 5.74) is 2.29. The fourth-order valence-electron chi connectivity index (χ4n) is 2.67. The first-order chi connectivity index (χ1) is 11.7. The molecule has 2 N–H and O–H groups in total. The maximum atomic E-state index is 5.88. The van der Waals surface area contributed by atoms with Gasteiger partial charge in [-0.1, -0.05) is 0 Å². The second kappa shape index (κ2) is 9.67. The molecule has 1 heterocycles. The van der Waals surface area contributed by atoms with Gasteiger partial charge in [0, 0.05) is 36.4 Å². The molecule has 0 fully saturated rings. The lowest BCUT2D eigenvalue weighted by Gasteiger charge is -2.13. The normalized spacial score (nSPS) is 16.5. The van der Waals surface area contributed by atoms with Crippen LogP contribution in [0.25, 0.3) is 0 Å². The summed E-state index contributed by atoms with van der Waals surface area (Å²) in [6, 6.07) is 4.19. The van der Waals surface area contributed by atoms with Crippen molar-refractivity contribution in [2.45, 2.75) is 39.8 Å². The molecule has 0 radical (unpaired) electrons. The first kappa shape index (κ1) is 18.8. The summed E-state index contributed by atoms with van der Waals surface area (Å²) in [5, 5.41) is 6.63. The number of hydrogen-bond donors (Lipinski definition) is 2. The van der Waals surface area contributed by atoms with Crippen LogP contribution in [0.2, 0.25) is 0 Å². The zero-order valence-corrected chi connectivity index (χ0v) is 16.0. The van der Waals surface area contributed by atoms with Crippen LogP contribution in [0.4, 0.5) is 0 Å². The largest absolute Gasteiger partial charge is 0.494 e. The second-order valence-corrected chi connectivity index (χ2v) is 6.73. The molecule has 0 bridgehead atoms. The Bertz CT molecular complexity index is 563. The predicted molar refractivity (Wildman–Crippen MR) is 103 cm³/mol. The highest BCUT2D eigenvalue weighted by atomic mass is 32.2. The van der Waals surface area contributed by atoms with Crippen LogP contribution >= 0.6 is 11.8 Å². The maximum Gasteiger partial charge on any atom is 0.191 e. The Morgan fingerprint density at radius 3 is 2.92 bits per heavy atom. The Morgan fingerprint density at radius 2 is 2.21 bits per heavy atom. The van der Waals surface area contributed by atoms with E-state index in [-0.39, 0.29) is 6.10 Å². The zero-order chi connectivity index (χ0) is 17.4. The molecule has 1 aromatic rings. The van der Waals surface area contributed by atoms with Gasteiger partial charge in [-0.05, 0) is 39.2 Å². The molecule has 0 aliphatic carbocycles. The van der Waals surface area contributed by atoms with Crippen molar-refractivity contribution in [2.24, 2.45) is 4.99 Å². The number of benzene rings is 1. The van der Waals surface area contributed by atoms with Crippen molar-refractivity contribution >= 4 is 17.7 Å². The van der Waals surface area contributed by atoms with Crippen molar-refractivity contribution in [1.82, 2.24) is 10.6 Å². The minimum absolute atomic E-state index is 0.235. The third-order valence-corrected chi connectivity index (χ3v) is 4.34. The first-order valence-corrected chi connectivity index (χ1v) is 10.0. The monoisotopic (exact) mass is 351 g/mol.